The molecule has 0 atom stereocenters. The normalized spacial score (nSPS) is 10.2. The van der Waals surface area contributed by atoms with Gasteiger partial charge in [0, 0.05) is 23.5 Å². The van der Waals surface area contributed by atoms with Gasteiger partial charge >= 0.3 is 0 Å². The summed E-state index contributed by atoms with van der Waals surface area (Å²) >= 11 is 5.19. The molecule has 3 nitrogen and oxygen atoms in total. The fourth-order valence-electron chi connectivity index (χ4n) is 2.18. The first-order chi connectivity index (χ1) is 10.7. The summed E-state index contributed by atoms with van der Waals surface area (Å²) in [6.45, 7) is 3.76. The lowest BCUT2D eigenvalue weighted by molar-refractivity contribution is -0.116. The van der Waals surface area contributed by atoms with Gasteiger partial charge in [-0.15, -0.1) is 23.7 Å². The van der Waals surface area contributed by atoms with Gasteiger partial charge in [-0.05, 0) is 59.1 Å². The van der Waals surface area contributed by atoms with Gasteiger partial charge in [-0.3, -0.25) is 4.79 Å². The Bertz CT molecular complexity index is 618. The summed E-state index contributed by atoms with van der Waals surface area (Å²) in [5, 5.41) is 6.32. The van der Waals surface area contributed by atoms with Gasteiger partial charge < -0.3 is 10.6 Å². The maximum absolute atomic E-state index is 12.1. The Morgan fingerprint density at radius 2 is 2.00 bits per heavy atom. The third-order valence-corrected chi connectivity index (χ3v) is 5.00. The number of benzene rings is 1. The van der Waals surface area contributed by atoms with Crippen molar-refractivity contribution in [3.05, 3.63) is 50.6 Å². The summed E-state index contributed by atoms with van der Waals surface area (Å²) in [6, 6.07) is 12.1. The lowest BCUT2D eigenvalue weighted by atomic mass is 10.1. The number of thiophene rings is 1. The number of halogens is 2. The molecule has 0 bridgehead atoms. The Kier molecular flexibility index (Phi) is 9.48. The van der Waals surface area contributed by atoms with Crippen LogP contribution in [0.5, 0.6) is 0 Å². The van der Waals surface area contributed by atoms with Crippen LogP contribution in [0.25, 0.3) is 0 Å². The van der Waals surface area contributed by atoms with E-state index >= 15 is 0 Å². The van der Waals surface area contributed by atoms with Crippen molar-refractivity contribution in [1.82, 2.24) is 5.32 Å². The highest BCUT2D eigenvalue weighted by atomic mass is 79.9. The number of rotatable bonds is 8. The molecule has 23 heavy (non-hydrogen) atoms. The van der Waals surface area contributed by atoms with Gasteiger partial charge in [0.25, 0.3) is 0 Å². The predicted molar refractivity (Wildman–Crippen MR) is 105 cm³/mol. The smallest absolute Gasteiger partial charge is 0.224 e. The van der Waals surface area contributed by atoms with E-state index in [9.17, 15) is 4.79 Å². The van der Waals surface area contributed by atoms with Gasteiger partial charge in [-0.25, -0.2) is 0 Å². The highest BCUT2D eigenvalue weighted by Crippen LogP contribution is 2.23. The minimum Gasteiger partial charge on any atom is -0.326 e. The van der Waals surface area contributed by atoms with E-state index in [1.165, 1.54) is 4.88 Å². The average molecular weight is 418 g/mol. The van der Waals surface area contributed by atoms with Gasteiger partial charge in [-0.2, -0.15) is 0 Å². The molecule has 2 aromatic rings. The van der Waals surface area contributed by atoms with E-state index in [2.05, 4.69) is 45.6 Å². The highest BCUT2D eigenvalue weighted by molar-refractivity contribution is 9.11. The fourth-order valence-corrected chi connectivity index (χ4v) is 3.70. The first kappa shape index (κ1) is 20.2. The van der Waals surface area contributed by atoms with Crippen LogP contribution in [0.4, 0.5) is 5.69 Å². The molecule has 6 heteroatoms. The number of anilines is 1. The van der Waals surface area contributed by atoms with E-state index < -0.39 is 0 Å². The minimum atomic E-state index is 0. The lowest BCUT2D eigenvalue weighted by Gasteiger charge is -2.11. The summed E-state index contributed by atoms with van der Waals surface area (Å²) in [5.74, 6) is 0.0829. The van der Waals surface area contributed by atoms with Gasteiger partial charge in [0.2, 0.25) is 5.91 Å². The molecule has 126 valence electrons. The predicted octanol–water partition coefficient (Wildman–Crippen LogP) is 5.00. The number of hydrogen-bond donors (Lipinski definition) is 2. The van der Waals surface area contributed by atoms with Crippen molar-refractivity contribution in [2.45, 2.75) is 32.7 Å². The molecule has 0 radical (unpaired) electrons. The molecule has 2 rings (SSSR count). The fraction of sp³-hybridized carbons (Fsp3) is 0.353. The van der Waals surface area contributed by atoms with Crippen LogP contribution in [0.1, 0.15) is 30.2 Å². The van der Waals surface area contributed by atoms with Crippen LogP contribution in [0.15, 0.2) is 40.2 Å². The molecule has 0 fully saturated rings. The number of carbonyl (C=O) groups is 1. The maximum atomic E-state index is 12.1. The Morgan fingerprint density at radius 3 is 2.70 bits per heavy atom. The second-order valence-corrected chi connectivity index (χ2v) is 7.59. The molecule has 0 saturated carbocycles. The number of hydrogen-bond acceptors (Lipinski definition) is 3. The average Bonchev–Trinajstić information content (AvgIpc) is 2.92. The van der Waals surface area contributed by atoms with Crippen LogP contribution in [0.2, 0.25) is 0 Å². The Hall–Kier alpha value is -0.880. The van der Waals surface area contributed by atoms with E-state index in [-0.39, 0.29) is 18.3 Å². The van der Waals surface area contributed by atoms with Crippen LogP contribution in [0.3, 0.4) is 0 Å². The molecule has 1 aromatic heterocycles. The second kappa shape index (κ2) is 10.8. The molecular weight excluding hydrogens is 396 g/mol. The summed E-state index contributed by atoms with van der Waals surface area (Å²) in [4.78, 5) is 13.4. The number of aryl methyl sites for hydroxylation is 1. The molecule has 0 aliphatic heterocycles. The molecule has 0 aliphatic carbocycles. The summed E-state index contributed by atoms with van der Waals surface area (Å²) in [5.41, 5.74) is 2.03. The molecular formula is C17H22BrClN2OS. The van der Waals surface area contributed by atoms with Gasteiger partial charge in [0.1, 0.15) is 0 Å². The van der Waals surface area contributed by atoms with Crippen LogP contribution in [0, 0.1) is 0 Å². The van der Waals surface area contributed by atoms with Gasteiger partial charge in [-0.1, -0.05) is 25.1 Å². The Labute approximate surface area is 156 Å². The molecule has 2 N–H and O–H groups in total. The molecule has 1 amide bonds. The number of amides is 1. The highest BCUT2D eigenvalue weighted by Gasteiger charge is 2.07. The van der Waals surface area contributed by atoms with Crippen molar-refractivity contribution in [2.75, 3.05) is 11.9 Å². The zero-order valence-corrected chi connectivity index (χ0v) is 16.3. The summed E-state index contributed by atoms with van der Waals surface area (Å²) in [6.07, 6.45) is 2.36. The Balaban J connectivity index is 0.00000264. The van der Waals surface area contributed by atoms with Crippen molar-refractivity contribution in [1.29, 1.82) is 0 Å². The summed E-state index contributed by atoms with van der Waals surface area (Å²) in [7, 11) is 0. The lowest BCUT2D eigenvalue weighted by Crippen LogP contribution is -2.16. The third kappa shape index (κ3) is 7.04. The second-order valence-electron chi connectivity index (χ2n) is 5.05. The SMILES string of the molecule is CCNCc1ccccc1NC(=O)CCCc1ccc(Br)s1.Cl. The van der Waals surface area contributed by atoms with E-state index in [1.807, 2.05) is 24.3 Å². The first-order valence-electron chi connectivity index (χ1n) is 7.51. The van der Waals surface area contributed by atoms with Gasteiger partial charge in [0.15, 0.2) is 0 Å². The van der Waals surface area contributed by atoms with E-state index in [4.69, 9.17) is 0 Å². The number of carbonyl (C=O) groups excluding carboxylic acids is 1. The van der Waals surface area contributed by atoms with E-state index in [0.717, 1.165) is 41.0 Å². The quantitative estimate of drug-likeness (QED) is 0.634. The third-order valence-electron chi connectivity index (χ3n) is 3.31. The number of nitrogens with one attached hydrogen (secondary N) is 2. The first-order valence-corrected chi connectivity index (χ1v) is 9.12. The summed E-state index contributed by atoms with van der Waals surface area (Å²) < 4.78 is 1.14. The molecule has 1 aromatic carbocycles. The molecule has 0 unspecified atom stereocenters. The molecule has 0 aliphatic rings. The van der Waals surface area contributed by atoms with Crippen molar-refractivity contribution in [2.24, 2.45) is 0 Å². The monoisotopic (exact) mass is 416 g/mol. The van der Waals surface area contributed by atoms with E-state index in [0.29, 0.717) is 6.42 Å². The van der Waals surface area contributed by atoms with Crippen LogP contribution >= 0.6 is 39.7 Å². The van der Waals surface area contributed by atoms with Crippen LogP contribution in [-0.2, 0) is 17.8 Å². The van der Waals surface area contributed by atoms with Crippen molar-refractivity contribution in [3.8, 4) is 0 Å². The zero-order chi connectivity index (χ0) is 15.8. The van der Waals surface area contributed by atoms with Gasteiger partial charge in [0.05, 0.1) is 3.79 Å². The Morgan fingerprint density at radius 1 is 1.22 bits per heavy atom. The molecule has 0 spiro atoms. The number of para-hydroxylation sites is 1. The standard InChI is InChI=1S/C17H21BrN2OS.ClH/c1-2-19-12-13-6-3-4-8-15(13)20-17(21)9-5-7-14-10-11-16(18)22-14;/h3-4,6,8,10-11,19H,2,5,7,9,12H2,1H3,(H,20,21);1H. The van der Waals surface area contributed by atoms with Crippen LogP contribution in [-0.4, -0.2) is 12.5 Å². The van der Waals surface area contributed by atoms with E-state index in [1.54, 1.807) is 11.3 Å². The maximum Gasteiger partial charge on any atom is 0.224 e. The molecule has 0 saturated heterocycles. The largest absolute Gasteiger partial charge is 0.326 e. The van der Waals surface area contributed by atoms with Crippen molar-refractivity contribution >= 4 is 51.3 Å². The molecule has 1 heterocycles. The van der Waals surface area contributed by atoms with Crippen molar-refractivity contribution in [3.63, 3.8) is 0 Å². The van der Waals surface area contributed by atoms with Crippen molar-refractivity contribution < 1.29 is 4.79 Å². The topological polar surface area (TPSA) is 41.1 Å². The minimum absolute atomic E-state index is 0. The zero-order valence-electron chi connectivity index (χ0n) is 13.1. The van der Waals surface area contributed by atoms with Crippen LogP contribution < -0.4 is 10.6 Å².